The second kappa shape index (κ2) is 13.4. The van der Waals surface area contributed by atoms with Gasteiger partial charge in [0, 0.05) is 77.7 Å². The molecule has 7 heteroatoms. The summed E-state index contributed by atoms with van der Waals surface area (Å²) >= 11 is 0. The first kappa shape index (κ1) is 23.4. The number of hydrogen-bond acceptors (Lipinski definition) is 5. The van der Waals surface area contributed by atoms with Gasteiger partial charge in [0.15, 0.2) is 5.96 Å². The Morgan fingerprint density at radius 2 is 2.00 bits per heavy atom. The van der Waals surface area contributed by atoms with E-state index in [0.717, 1.165) is 69.6 Å². The smallest absolute Gasteiger partial charge is 0.195 e. The first-order chi connectivity index (χ1) is 14.1. The number of nitrogens with one attached hydrogen (secondary N) is 2. The van der Waals surface area contributed by atoms with Crippen LogP contribution in [0.1, 0.15) is 20.3 Å². The maximum absolute atomic E-state index is 5.79. The predicted octanol–water partition coefficient (Wildman–Crippen LogP) is 2.36. The Morgan fingerprint density at radius 3 is 2.72 bits per heavy atom. The summed E-state index contributed by atoms with van der Waals surface area (Å²) in [5.41, 5.74) is 0.973. The Hall–Kier alpha value is -1.83. The molecule has 0 spiro atoms. The number of nitrogens with zero attached hydrogens (tertiary/aromatic N) is 3. The Balaban J connectivity index is 1.84. The lowest BCUT2D eigenvalue weighted by atomic mass is 10.1. The average Bonchev–Trinajstić information content (AvgIpc) is 2.72. The number of anilines is 1. The fourth-order valence-electron chi connectivity index (χ4n) is 3.28. The van der Waals surface area contributed by atoms with Gasteiger partial charge in [-0.25, -0.2) is 0 Å². The number of aliphatic imine (C=N–C) groups is 1. The van der Waals surface area contributed by atoms with Gasteiger partial charge in [-0.15, -0.1) is 0 Å². The summed E-state index contributed by atoms with van der Waals surface area (Å²) in [5, 5.41) is 6.74. The zero-order chi connectivity index (χ0) is 20.9. The van der Waals surface area contributed by atoms with Crippen LogP contribution in [0.2, 0.25) is 0 Å². The van der Waals surface area contributed by atoms with E-state index in [4.69, 9.17) is 14.5 Å². The van der Waals surface area contributed by atoms with Crippen LogP contribution in [0.15, 0.2) is 29.3 Å². The van der Waals surface area contributed by atoms with Gasteiger partial charge in [-0.05, 0) is 32.0 Å². The van der Waals surface area contributed by atoms with Crippen LogP contribution in [0.5, 0.6) is 5.75 Å². The molecule has 1 saturated heterocycles. The lowest BCUT2D eigenvalue weighted by Crippen LogP contribution is -2.46. The standard InChI is InChI=1S/C22H39N5O2/c1-5-23-22(24-17-19(2)18-27-12-10-26(3)11-13-27)25-20-8-6-9-21(16-20)29-15-7-14-28-4/h6,8-9,16,19H,5,7,10-15,17-18H2,1-4H3,(H2,23,24,25). The van der Waals surface area contributed by atoms with Gasteiger partial charge in [0.2, 0.25) is 0 Å². The van der Waals surface area contributed by atoms with E-state index in [1.54, 1.807) is 7.11 Å². The SMILES string of the molecule is CCNC(=NCC(C)CN1CCN(C)CC1)Nc1cccc(OCCCOC)c1. The highest BCUT2D eigenvalue weighted by atomic mass is 16.5. The number of rotatable bonds is 11. The number of benzene rings is 1. The molecule has 1 aliphatic heterocycles. The van der Waals surface area contributed by atoms with Crippen LogP contribution >= 0.6 is 0 Å². The Kier molecular flexibility index (Phi) is 10.8. The number of piperazine rings is 1. The van der Waals surface area contributed by atoms with Gasteiger partial charge in [-0.2, -0.15) is 0 Å². The van der Waals surface area contributed by atoms with Gasteiger partial charge >= 0.3 is 0 Å². The maximum Gasteiger partial charge on any atom is 0.195 e. The van der Waals surface area contributed by atoms with E-state index in [0.29, 0.717) is 19.1 Å². The molecule has 1 heterocycles. The van der Waals surface area contributed by atoms with E-state index in [2.05, 4.69) is 41.3 Å². The lowest BCUT2D eigenvalue weighted by Gasteiger charge is -2.33. The molecule has 1 aromatic rings. The van der Waals surface area contributed by atoms with Crippen molar-refractivity contribution >= 4 is 11.6 Å². The van der Waals surface area contributed by atoms with Crippen LogP contribution < -0.4 is 15.4 Å². The van der Waals surface area contributed by atoms with Crippen molar-refractivity contribution in [1.82, 2.24) is 15.1 Å². The van der Waals surface area contributed by atoms with Crippen molar-refractivity contribution in [1.29, 1.82) is 0 Å². The summed E-state index contributed by atoms with van der Waals surface area (Å²) in [4.78, 5) is 9.74. The van der Waals surface area contributed by atoms with Crippen LogP contribution in [0.3, 0.4) is 0 Å². The third kappa shape index (κ3) is 9.47. The molecule has 0 saturated carbocycles. The number of methoxy groups -OCH3 is 1. The Morgan fingerprint density at radius 1 is 1.21 bits per heavy atom. The van der Waals surface area contributed by atoms with E-state index in [-0.39, 0.29) is 0 Å². The van der Waals surface area contributed by atoms with Gasteiger partial charge in [0.25, 0.3) is 0 Å². The van der Waals surface area contributed by atoms with E-state index in [9.17, 15) is 0 Å². The summed E-state index contributed by atoms with van der Waals surface area (Å²) in [6.07, 6.45) is 0.878. The Labute approximate surface area is 176 Å². The minimum atomic E-state index is 0.518. The van der Waals surface area contributed by atoms with E-state index >= 15 is 0 Å². The molecular weight excluding hydrogens is 366 g/mol. The summed E-state index contributed by atoms with van der Waals surface area (Å²) in [5.74, 6) is 2.18. The van der Waals surface area contributed by atoms with Crippen molar-refractivity contribution in [3.8, 4) is 5.75 Å². The van der Waals surface area contributed by atoms with Crippen LogP contribution in [-0.2, 0) is 4.74 Å². The van der Waals surface area contributed by atoms with Gasteiger partial charge in [-0.3, -0.25) is 4.99 Å². The zero-order valence-electron chi connectivity index (χ0n) is 18.6. The molecule has 2 rings (SSSR count). The summed E-state index contributed by atoms with van der Waals surface area (Å²) in [6.45, 7) is 13.1. The zero-order valence-corrected chi connectivity index (χ0v) is 18.6. The van der Waals surface area contributed by atoms with Gasteiger partial charge < -0.3 is 29.9 Å². The molecule has 0 aromatic heterocycles. The first-order valence-corrected chi connectivity index (χ1v) is 10.8. The molecule has 2 N–H and O–H groups in total. The van der Waals surface area contributed by atoms with Gasteiger partial charge in [0.05, 0.1) is 6.61 Å². The van der Waals surface area contributed by atoms with E-state index in [1.807, 2.05) is 24.3 Å². The van der Waals surface area contributed by atoms with Gasteiger partial charge in [-0.1, -0.05) is 13.0 Å². The molecule has 0 bridgehead atoms. The van der Waals surface area contributed by atoms with E-state index < -0.39 is 0 Å². The summed E-state index contributed by atoms with van der Waals surface area (Å²) < 4.78 is 10.9. The first-order valence-electron chi connectivity index (χ1n) is 10.8. The highest BCUT2D eigenvalue weighted by Gasteiger charge is 2.16. The highest BCUT2D eigenvalue weighted by Crippen LogP contribution is 2.17. The van der Waals surface area contributed by atoms with Crippen molar-refractivity contribution in [2.45, 2.75) is 20.3 Å². The van der Waals surface area contributed by atoms with Crippen molar-refractivity contribution in [3.05, 3.63) is 24.3 Å². The van der Waals surface area contributed by atoms with Crippen LogP contribution in [0.25, 0.3) is 0 Å². The molecule has 1 unspecified atom stereocenters. The molecule has 0 amide bonds. The molecule has 1 fully saturated rings. The minimum absolute atomic E-state index is 0.518. The molecule has 164 valence electrons. The second-order valence-electron chi connectivity index (χ2n) is 7.78. The van der Waals surface area contributed by atoms with Crippen molar-refractivity contribution < 1.29 is 9.47 Å². The molecule has 0 radical (unpaired) electrons. The van der Waals surface area contributed by atoms with Crippen molar-refractivity contribution in [3.63, 3.8) is 0 Å². The average molecular weight is 406 g/mol. The number of likely N-dealkylation sites (N-methyl/N-ethyl adjacent to an activating group) is 1. The normalized spacial score (nSPS) is 17.2. The fraction of sp³-hybridized carbons (Fsp3) is 0.682. The Bertz CT molecular complexity index is 603. The number of guanidine groups is 1. The quantitative estimate of drug-likeness (QED) is 0.335. The third-order valence-electron chi connectivity index (χ3n) is 4.93. The molecule has 0 aliphatic carbocycles. The van der Waals surface area contributed by atoms with E-state index in [1.165, 1.54) is 0 Å². The number of ether oxygens (including phenoxy) is 2. The van der Waals surface area contributed by atoms with Crippen LogP contribution in [0, 0.1) is 5.92 Å². The minimum Gasteiger partial charge on any atom is -0.493 e. The fourth-order valence-corrected chi connectivity index (χ4v) is 3.28. The van der Waals surface area contributed by atoms with Crippen molar-refractivity contribution in [2.75, 3.05) is 78.5 Å². The largest absolute Gasteiger partial charge is 0.493 e. The highest BCUT2D eigenvalue weighted by molar-refractivity contribution is 5.93. The maximum atomic E-state index is 5.79. The summed E-state index contributed by atoms with van der Waals surface area (Å²) in [6, 6.07) is 8.00. The second-order valence-corrected chi connectivity index (χ2v) is 7.78. The van der Waals surface area contributed by atoms with Crippen LogP contribution in [-0.4, -0.2) is 88.9 Å². The molecular formula is C22H39N5O2. The monoisotopic (exact) mass is 405 g/mol. The number of hydrogen-bond donors (Lipinski definition) is 2. The van der Waals surface area contributed by atoms with Crippen LogP contribution in [0.4, 0.5) is 5.69 Å². The lowest BCUT2D eigenvalue weighted by molar-refractivity contribution is 0.140. The summed E-state index contributed by atoms with van der Waals surface area (Å²) in [7, 11) is 3.90. The predicted molar refractivity (Wildman–Crippen MR) is 121 cm³/mol. The molecule has 29 heavy (non-hydrogen) atoms. The van der Waals surface area contributed by atoms with Gasteiger partial charge in [0.1, 0.15) is 5.75 Å². The van der Waals surface area contributed by atoms with Crippen molar-refractivity contribution in [2.24, 2.45) is 10.9 Å². The molecule has 1 aliphatic rings. The topological polar surface area (TPSA) is 61.4 Å². The third-order valence-corrected chi connectivity index (χ3v) is 4.93. The molecule has 1 atom stereocenters. The molecule has 7 nitrogen and oxygen atoms in total. The molecule has 1 aromatic carbocycles.